The van der Waals surface area contributed by atoms with Crippen LogP contribution in [0.3, 0.4) is 0 Å². The topological polar surface area (TPSA) is 81.5 Å². The number of methoxy groups -OCH3 is 1. The van der Waals surface area contributed by atoms with Crippen molar-refractivity contribution in [3.8, 4) is 5.69 Å². The second-order valence-corrected chi connectivity index (χ2v) is 12.7. The molecule has 1 heterocycles. The first-order valence-corrected chi connectivity index (χ1v) is 15.2. The van der Waals surface area contributed by atoms with Crippen LogP contribution in [-0.2, 0) is 27.6 Å². The van der Waals surface area contributed by atoms with E-state index in [1.807, 2.05) is 6.92 Å². The molecule has 3 aromatic rings. The molecule has 0 spiro atoms. The molecule has 0 saturated carbocycles. The van der Waals surface area contributed by atoms with E-state index >= 15 is 0 Å². The summed E-state index contributed by atoms with van der Waals surface area (Å²) in [5, 5.41) is 4.53. The smallest absolute Gasteiger partial charge is 0.404 e. The standard InChI is InChI=1S/C30H31F4N3O4S/c1-19-26-16-35-37(24-11-9-23(31)10-12-24)27(26)15-21-7-8-22(28(19)21)17-36(42(39,40)18-30(32,33)34)14-13-20-5-3-4-6-25(20)29(38)41-2/h3-6,9-12,16,19,22H,7-8,13-15,17-18H2,1-2H3/t19-,22+/m0/s1. The number of nitrogens with zero attached hydrogens (tertiary/aromatic N) is 3. The maximum atomic E-state index is 13.5. The summed E-state index contributed by atoms with van der Waals surface area (Å²) in [7, 11) is -3.48. The monoisotopic (exact) mass is 605 g/mol. The van der Waals surface area contributed by atoms with E-state index in [2.05, 4.69) is 5.10 Å². The normalized spacial score (nSPS) is 18.7. The van der Waals surface area contributed by atoms with Gasteiger partial charge in [0.1, 0.15) is 5.82 Å². The van der Waals surface area contributed by atoms with Gasteiger partial charge in [0, 0.05) is 31.0 Å². The maximum Gasteiger partial charge on any atom is 0.404 e. The molecule has 0 amide bonds. The minimum atomic E-state index is -4.90. The zero-order chi connectivity index (χ0) is 30.2. The second kappa shape index (κ2) is 11.6. The van der Waals surface area contributed by atoms with Crippen LogP contribution in [0.15, 0.2) is 65.9 Å². The largest absolute Gasteiger partial charge is 0.465 e. The molecule has 0 N–H and O–H groups in total. The SMILES string of the molecule is COC(=O)c1ccccc1CCN(C[C@H]1CCC2=C1[C@@H](C)c1cnn(-c3ccc(F)cc3)c1C2)S(=O)(=O)CC(F)(F)F. The van der Waals surface area contributed by atoms with Gasteiger partial charge in [-0.15, -0.1) is 0 Å². The summed E-state index contributed by atoms with van der Waals surface area (Å²) in [4.78, 5) is 12.2. The van der Waals surface area contributed by atoms with Crippen LogP contribution in [0.1, 0.15) is 52.9 Å². The highest BCUT2D eigenvalue weighted by atomic mass is 32.2. The third-order valence-corrected chi connectivity index (χ3v) is 9.96. The molecule has 0 bridgehead atoms. The molecule has 0 unspecified atom stereocenters. The average molecular weight is 606 g/mol. The Labute approximate surface area is 241 Å². The zero-order valence-electron chi connectivity index (χ0n) is 23.2. The van der Waals surface area contributed by atoms with Gasteiger partial charge in [-0.05, 0) is 61.1 Å². The van der Waals surface area contributed by atoms with E-state index in [0.717, 1.165) is 32.4 Å². The van der Waals surface area contributed by atoms with Crippen LogP contribution in [0, 0.1) is 11.7 Å². The van der Waals surface area contributed by atoms with Gasteiger partial charge in [-0.2, -0.15) is 18.3 Å². The van der Waals surface area contributed by atoms with Crippen LogP contribution in [0.4, 0.5) is 17.6 Å². The van der Waals surface area contributed by atoms with Crippen molar-refractivity contribution in [3.05, 3.63) is 94.1 Å². The van der Waals surface area contributed by atoms with Crippen molar-refractivity contribution >= 4 is 16.0 Å². The molecule has 2 aliphatic rings. The molecule has 7 nitrogen and oxygen atoms in total. The number of esters is 1. The highest BCUT2D eigenvalue weighted by Crippen LogP contribution is 2.47. The third-order valence-electron chi connectivity index (χ3n) is 8.15. The molecule has 12 heteroatoms. The maximum absolute atomic E-state index is 13.5. The van der Waals surface area contributed by atoms with E-state index in [9.17, 15) is 30.8 Å². The van der Waals surface area contributed by atoms with Crippen molar-refractivity contribution in [2.45, 2.75) is 44.7 Å². The summed E-state index contributed by atoms with van der Waals surface area (Å²) in [6.45, 7) is 1.70. The first-order chi connectivity index (χ1) is 19.9. The van der Waals surface area contributed by atoms with Crippen LogP contribution in [0.25, 0.3) is 5.69 Å². The van der Waals surface area contributed by atoms with Crippen molar-refractivity contribution < 1.29 is 35.5 Å². The quantitative estimate of drug-likeness (QED) is 0.180. The van der Waals surface area contributed by atoms with Crippen molar-refractivity contribution in [2.75, 3.05) is 26.0 Å². The Bertz CT molecular complexity index is 1610. The van der Waals surface area contributed by atoms with Crippen molar-refractivity contribution in [1.29, 1.82) is 0 Å². The molecule has 2 aliphatic carbocycles. The Kier molecular flexibility index (Phi) is 8.30. The Morgan fingerprint density at radius 3 is 2.55 bits per heavy atom. The number of carbonyl (C=O) groups excluding carboxylic acids is 1. The fraction of sp³-hybridized carbons (Fsp3) is 0.400. The van der Waals surface area contributed by atoms with Gasteiger partial charge in [0.15, 0.2) is 5.75 Å². The number of hydrogen-bond donors (Lipinski definition) is 0. The highest BCUT2D eigenvalue weighted by Gasteiger charge is 2.42. The molecule has 5 rings (SSSR count). The van der Waals surface area contributed by atoms with E-state index in [0.29, 0.717) is 24.8 Å². The molecule has 42 heavy (non-hydrogen) atoms. The van der Waals surface area contributed by atoms with E-state index < -0.39 is 27.9 Å². The number of carbonyl (C=O) groups is 1. The molecular formula is C30H31F4N3O4S. The number of hydrogen-bond acceptors (Lipinski definition) is 5. The summed E-state index contributed by atoms with van der Waals surface area (Å²) in [6, 6.07) is 12.5. The van der Waals surface area contributed by atoms with Gasteiger partial charge in [-0.25, -0.2) is 26.6 Å². The second-order valence-electron chi connectivity index (χ2n) is 10.8. The van der Waals surface area contributed by atoms with E-state index in [-0.39, 0.29) is 42.7 Å². The van der Waals surface area contributed by atoms with Gasteiger partial charge < -0.3 is 4.74 Å². The van der Waals surface area contributed by atoms with Gasteiger partial charge in [0.05, 0.1) is 30.3 Å². The Morgan fingerprint density at radius 1 is 1.14 bits per heavy atom. The first-order valence-electron chi connectivity index (χ1n) is 13.6. The Hall–Kier alpha value is -3.51. The number of rotatable bonds is 9. The summed E-state index contributed by atoms with van der Waals surface area (Å²) in [5.41, 5.74) is 5.56. The summed E-state index contributed by atoms with van der Waals surface area (Å²) >= 11 is 0. The van der Waals surface area contributed by atoms with Gasteiger partial charge in [-0.3, -0.25) is 0 Å². The molecule has 0 aliphatic heterocycles. The van der Waals surface area contributed by atoms with Gasteiger partial charge in [0.2, 0.25) is 10.0 Å². The minimum Gasteiger partial charge on any atom is -0.465 e. The number of alkyl halides is 3. The fourth-order valence-electron chi connectivity index (χ4n) is 6.26. The number of benzene rings is 2. The molecule has 0 fully saturated rings. The van der Waals surface area contributed by atoms with Crippen LogP contribution >= 0.6 is 0 Å². The van der Waals surface area contributed by atoms with Gasteiger partial charge in [0.25, 0.3) is 0 Å². The number of ether oxygens (including phenoxy) is 1. The van der Waals surface area contributed by atoms with E-state index in [1.165, 1.54) is 25.3 Å². The van der Waals surface area contributed by atoms with Crippen LogP contribution in [0.2, 0.25) is 0 Å². The lowest BCUT2D eigenvalue weighted by molar-refractivity contribution is -0.107. The number of fused-ring (bicyclic) bond motifs is 1. The lowest BCUT2D eigenvalue weighted by atomic mass is 9.80. The van der Waals surface area contributed by atoms with E-state index in [4.69, 9.17) is 4.74 Å². The summed E-state index contributed by atoms with van der Waals surface area (Å²) in [5.74, 6) is -3.29. The van der Waals surface area contributed by atoms with Crippen LogP contribution in [0.5, 0.6) is 0 Å². The lowest BCUT2D eigenvalue weighted by Crippen LogP contribution is -2.42. The highest BCUT2D eigenvalue weighted by molar-refractivity contribution is 7.89. The summed E-state index contributed by atoms with van der Waals surface area (Å²) in [6.07, 6.45) is -1.22. The van der Waals surface area contributed by atoms with Crippen molar-refractivity contribution in [1.82, 2.24) is 14.1 Å². The van der Waals surface area contributed by atoms with Gasteiger partial charge >= 0.3 is 12.1 Å². The molecule has 0 radical (unpaired) electrons. The predicted octanol–water partition coefficient (Wildman–Crippen LogP) is 5.60. The lowest BCUT2D eigenvalue weighted by Gasteiger charge is -2.31. The zero-order valence-corrected chi connectivity index (χ0v) is 24.0. The Morgan fingerprint density at radius 2 is 1.86 bits per heavy atom. The molecular weight excluding hydrogens is 574 g/mol. The Balaban J connectivity index is 1.41. The van der Waals surface area contributed by atoms with Gasteiger partial charge in [-0.1, -0.05) is 36.3 Å². The number of allylic oxidation sites excluding steroid dienone is 1. The summed E-state index contributed by atoms with van der Waals surface area (Å²) < 4.78 is 87.3. The molecule has 2 atom stereocenters. The molecule has 2 aromatic carbocycles. The molecule has 224 valence electrons. The molecule has 0 saturated heterocycles. The fourth-order valence-corrected chi connectivity index (χ4v) is 7.63. The van der Waals surface area contributed by atoms with E-state index in [1.54, 1.807) is 41.2 Å². The molecule has 1 aromatic heterocycles. The van der Waals surface area contributed by atoms with Crippen LogP contribution in [-0.4, -0.2) is 60.6 Å². The van der Waals surface area contributed by atoms with Crippen molar-refractivity contribution in [2.24, 2.45) is 5.92 Å². The minimum absolute atomic E-state index is 0.0468. The predicted molar refractivity (Wildman–Crippen MR) is 148 cm³/mol. The number of halogens is 4. The first kappa shape index (κ1) is 30.0. The van der Waals surface area contributed by atoms with Crippen molar-refractivity contribution in [3.63, 3.8) is 0 Å². The third kappa shape index (κ3) is 6.14. The number of aromatic nitrogens is 2. The van der Waals surface area contributed by atoms with Crippen LogP contribution < -0.4 is 0 Å². The number of sulfonamides is 1. The average Bonchev–Trinajstić information content (AvgIpc) is 3.54.